The van der Waals surface area contributed by atoms with E-state index >= 15 is 0 Å². The number of unbranched alkanes of at least 4 members (excludes halogenated alkanes) is 12. The molecule has 0 bridgehead atoms. The van der Waals surface area contributed by atoms with Crippen molar-refractivity contribution in [2.24, 2.45) is 5.73 Å². The molecule has 0 radical (unpaired) electrons. The molecule has 0 aromatic rings. The van der Waals surface area contributed by atoms with Gasteiger partial charge in [0.15, 0.2) is 0 Å². The minimum absolute atomic E-state index is 0. The van der Waals surface area contributed by atoms with E-state index in [1.807, 2.05) is 0 Å². The molecule has 26 heavy (non-hydrogen) atoms. The number of rotatable bonds is 17. The molecular weight excluding hydrogens is 361 g/mol. The van der Waals surface area contributed by atoms with Crippen molar-refractivity contribution < 1.29 is 17.4 Å². The zero-order chi connectivity index (χ0) is 19.0. The van der Waals surface area contributed by atoms with Crippen molar-refractivity contribution in [2.75, 3.05) is 6.54 Å². The average molecular weight is 402 g/mol. The quantitative estimate of drug-likeness (QED) is 0.226. The molecule has 0 amide bonds. The molecule has 0 aliphatic heterocycles. The van der Waals surface area contributed by atoms with Gasteiger partial charge in [-0.25, -0.2) is 0 Å². The van der Waals surface area contributed by atoms with Crippen molar-refractivity contribution in [2.45, 2.75) is 109 Å². The minimum atomic E-state index is -3.85. The van der Waals surface area contributed by atoms with Crippen LogP contribution in [0.3, 0.4) is 0 Å². The van der Waals surface area contributed by atoms with E-state index in [2.05, 4.69) is 11.1 Å². The van der Waals surface area contributed by atoms with Crippen molar-refractivity contribution in [1.82, 2.24) is 0 Å². The summed E-state index contributed by atoms with van der Waals surface area (Å²) >= 11 is 0. The SMILES string of the molecule is CCCCCCCCCCCCCCCC(=O)OS(=O)(=O)C(C)CN.[NaH]. The number of hydrogen-bond acceptors (Lipinski definition) is 5. The van der Waals surface area contributed by atoms with Gasteiger partial charge in [-0.2, -0.15) is 8.42 Å². The van der Waals surface area contributed by atoms with Crippen LogP contribution in [0.5, 0.6) is 0 Å². The third-order valence-corrected chi connectivity index (χ3v) is 6.11. The number of carbonyl (C=O) groups is 1. The Balaban J connectivity index is 0. The summed E-state index contributed by atoms with van der Waals surface area (Å²) in [6.45, 7) is 3.63. The fourth-order valence-electron chi connectivity index (χ4n) is 2.66. The van der Waals surface area contributed by atoms with Gasteiger partial charge in [0.1, 0.15) is 5.25 Å². The van der Waals surface area contributed by atoms with Crippen molar-refractivity contribution in [3.63, 3.8) is 0 Å². The van der Waals surface area contributed by atoms with Crippen LogP contribution in [0.2, 0.25) is 0 Å². The first-order valence-corrected chi connectivity index (χ1v) is 11.6. The van der Waals surface area contributed by atoms with Crippen LogP contribution in [0.25, 0.3) is 0 Å². The van der Waals surface area contributed by atoms with Gasteiger partial charge in [-0.1, -0.05) is 84.0 Å². The molecule has 0 saturated carbocycles. The van der Waals surface area contributed by atoms with Gasteiger partial charge >= 0.3 is 45.6 Å². The Labute approximate surface area is 183 Å². The number of nitrogens with two attached hydrogens (primary N) is 1. The van der Waals surface area contributed by atoms with Gasteiger partial charge in [-0.15, -0.1) is 0 Å². The van der Waals surface area contributed by atoms with Crippen molar-refractivity contribution in [1.29, 1.82) is 0 Å². The summed E-state index contributed by atoms with van der Waals surface area (Å²) in [7, 11) is -3.85. The van der Waals surface area contributed by atoms with E-state index in [1.54, 1.807) is 0 Å². The summed E-state index contributed by atoms with van der Waals surface area (Å²) < 4.78 is 27.7. The van der Waals surface area contributed by atoms with E-state index in [1.165, 1.54) is 71.1 Å². The molecule has 0 fully saturated rings. The second-order valence-electron chi connectivity index (χ2n) is 6.99. The summed E-state index contributed by atoms with van der Waals surface area (Å²) in [6.07, 6.45) is 16.1. The molecule has 0 heterocycles. The summed E-state index contributed by atoms with van der Waals surface area (Å²) in [5.74, 6) is -0.664. The van der Waals surface area contributed by atoms with Crippen LogP contribution in [-0.4, -0.2) is 55.7 Å². The third kappa shape index (κ3) is 16.5. The van der Waals surface area contributed by atoms with E-state index in [0.29, 0.717) is 6.42 Å². The molecule has 1 atom stereocenters. The maximum atomic E-state index is 11.6. The van der Waals surface area contributed by atoms with E-state index in [4.69, 9.17) is 5.73 Å². The molecule has 152 valence electrons. The molecule has 1 unspecified atom stereocenters. The van der Waals surface area contributed by atoms with Gasteiger partial charge in [0, 0.05) is 13.0 Å². The molecule has 7 heteroatoms. The topological polar surface area (TPSA) is 86.5 Å². The Morgan fingerprint density at radius 3 is 1.62 bits per heavy atom. The van der Waals surface area contributed by atoms with E-state index < -0.39 is 21.3 Å². The van der Waals surface area contributed by atoms with Gasteiger partial charge in [0.05, 0.1) is 0 Å². The second kappa shape index (κ2) is 18.7. The zero-order valence-corrected chi connectivity index (χ0v) is 17.1. The zero-order valence-electron chi connectivity index (χ0n) is 16.3. The van der Waals surface area contributed by atoms with Gasteiger partial charge in [-0.05, 0) is 13.3 Å². The number of carbonyl (C=O) groups excluding carboxylic acids is 1. The molecule has 0 rings (SSSR count). The Hall–Kier alpha value is 0.380. The fraction of sp³-hybridized carbons (Fsp3) is 0.947. The normalized spacial score (nSPS) is 12.4. The Bertz CT molecular complexity index is 429. The van der Waals surface area contributed by atoms with Gasteiger partial charge < -0.3 is 9.92 Å². The Morgan fingerprint density at radius 1 is 0.846 bits per heavy atom. The van der Waals surface area contributed by atoms with Crippen molar-refractivity contribution in [3.8, 4) is 0 Å². The van der Waals surface area contributed by atoms with E-state index in [0.717, 1.165) is 12.8 Å². The summed E-state index contributed by atoms with van der Waals surface area (Å²) in [4.78, 5) is 11.5. The first-order chi connectivity index (χ1) is 11.9. The van der Waals surface area contributed by atoms with Crippen LogP contribution >= 0.6 is 0 Å². The Morgan fingerprint density at radius 2 is 1.23 bits per heavy atom. The van der Waals surface area contributed by atoms with Crippen molar-refractivity contribution >= 4 is 45.6 Å². The van der Waals surface area contributed by atoms with Crippen LogP contribution in [0.4, 0.5) is 0 Å². The molecule has 0 aromatic heterocycles. The molecule has 0 saturated heterocycles. The molecule has 0 aliphatic carbocycles. The standard InChI is InChI=1S/C19H39NO4S.Na.H/c1-3-4-5-6-7-8-9-10-11-12-13-14-15-16-19(21)24-25(22,23)18(2)17-20;;/h18H,3-17,20H2,1-2H3;;. The van der Waals surface area contributed by atoms with Gasteiger partial charge in [0.2, 0.25) is 0 Å². The van der Waals surface area contributed by atoms with E-state index in [-0.39, 0.29) is 42.5 Å². The number of hydrogen-bond donors (Lipinski definition) is 1. The average Bonchev–Trinajstić information content (AvgIpc) is 2.57. The fourth-order valence-corrected chi connectivity index (χ4v) is 3.40. The maximum absolute atomic E-state index is 11.6. The second-order valence-corrected chi connectivity index (χ2v) is 8.94. The molecule has 0 aliphatic rings. The summed E-state index contributed by atoms with van der Waals surface area (Å²) in [6, 6.07) is 0. The predicted octanol–water partition coefficient (Wildman–Crippen LogP) is 4.04. The van der Waals surface area contributed by atoms with Crippen molar-refractivity contribution in [3.05, 3.63) is 0 Å². The summed E-state index contributed by atoms with van der Waals surface area (Å²) in [5, 5.41) is -0.844. The van der Waals surface area contributed by atoms with Crippen LogP contribution in [-0.2, 0) is 19.1 Å². The first kappa shape index (κ1) is 28.6. The molecule has 0 aromatic carbocycles. The van der Waals surface area contributed by atoms with E-state index in [9.17, 15) is 13.2 Å². The van der Waals surface area contributed by atoms with Crippen LogP contribution in [0, 0.1) is 0 Å². The van der Waals surface area contributed by atoms with Gasteiger partial charge in [0.25, 0.3) is 0 Å². The Kier molecular flexibility index (Phi) is 20.6. The van der Waals surface area contributed by atoms with Crippen LogP contribution in [0.15, 0.2) is 0 Å². The predicted molar refractivity (Wildman–Crippen MR) is 111 cm³/mol. The van der Waals surface area contributed by atoms with Gasteiger partial charge in [-0.3, -0.25) is 4.79 Å². The molecule has 0 spiro atoms. The molecular formula is C19H40NNaO4S. The van der Waals surface area contributed by atoms with Crippen LogP contribution in [0.1, 0.15) is 104 Å². The molecule has 5 nitrogen and oxygen atoms in total. The molecule has 2 N–H and O–H groups in total. The summed E-state index contributed by atoms with van der Waals surface area (Å²) in [5.41, 5.74) is 5.29. The van der Waals surface area contributed by atoms with Crippen LogP contribution < -0.4 is 5.73 Å². The third-order valence-electron chi connectivity index (χ3n) is 4.52. The monoisotopic (exact) mass is 401 g/mol. The first-order valence-electron chi connectivity index (χ1n) is 10.1.